The monoisotopic (exact) mass is 684 g/mol. The minimum atomic E-state index is -1.92. The Morgan fingerprint density at radius 1 is 0.365 bits per heavy atom. The highest BCUT2D eigenvalue weighted by Gasteiger charge is 2.37. The molecule has 7 aromatic carbocycles. The van der Waals surface area contributed by atoms with Gasteiger partial charge >= 0.3 is 0 Å². The predicted molar refractivity (Wildman–Crippen MR) is 218 cm³/mol. The average molecular weight is 685 g/mol. The molecule has 2 heterocycles. The van der Waals surface area contributed by atoms with E-state index in [0.29, 0.717) is 17.5 Å². The molecule has 0 amide bonds. The Balaban J connectivity index is 1.23. The largest absolute Gasteiger partial charge is 0.310 e. The molecular formula is C47H36N4Si. The molecule has 1 aliphatic heterocycles. The first-order chi connectivity index (χ1) is 25.5. The van der Waals surface area contributed by atoms with E-state index in [1.165, 1.54) is 27.1 Å². The second-order valence-electron chi connectivity index (χ2n) is 13.7. The quantitative estimate of drug-likeness (QED) is 0.157. The fraction of sp³-hybridized carbons (Fsp3) is 0.0426. The molecule has 0 saturated heterocycles. The van der Waals surface area contributed by atoms with E-state index in [1.807, 2.05) is 18.2 Å². The first kappa shape index (κ1) is 31.5. The number of anilines is 3. The molecule has 0 saturated carbocycles. The first-order valence-electron chi connectivity index (χ1n) is 17.7. The summed E-state index contributed by atoms with van der Waals surface area (Å²) in [6, 6.07) is 64.0. The molecule has 248 valence electrons. The van der Waals surface area contributed by atoms with Crippen molar-refractivity contribution in [3.05, 3.63) is 182 Å². The molecule has 0 unspecified atom stereocenters. The van der Waals surface area contributed by atoms with Crippen LogP contribution < -0.4 is 15.3 Å². The number of nitrogens with zero attached hydrogens (tertiary/aromatic N) is 4. The number of fused-ring (bicyclic) bond motifs is 3. The zero-order valence-corrected chi connectivity index (χ0v) is 30.1. The van der Waals surface area contributed by atoms with E-state index in [-0.39, 0.29) is 0 Å². The van der Waals surface area contributed by atoms with Crippen LogP contribution in [-0.2, 0) is 0 Å². The van der Waals surface area contributed by atoms with Gasteiger partial charge in [0.25, 0.3) is 0 Å². The van der Waals surface area contributed by atoms with Crippen molar-refractivity contribution in [1.29, 1.82) is 0 Å². The topological polar surface area (TPSA) is 41.9 Å². The van der Waals surface area contributed by atoms with Crippen molar-refractivity contribution < 1.29 is 0 Å². The van der Waals surface area contributed by atoms with Gasteiger partial charge in [0, 0.05) is 28.1 Å². The molecule has 5 heteroatoms. The minimum Gasteiger partial charge on any atom is -0.310 e. The SMILES string of the molecule is C[Si]1(C)c2ccccc2-c2ccc(-c3nc(-c4ccc(-c5ccccc5)cc4)nc(-c4ccccc4N(c4ccccc4)c4ccccc4)n3)cc21. The Labute approximate surface area is 305 Å². The second kappa shape index (κ2) is 13.0. The lowest BCUT2D eigenvalue weighted by Gasteiger charge is -2.27. The van der Waals surface area contributed by atoms with Crippen LogP contribution in [0.1, 0.15) is 0 Å². The van der Waals surface area contributed by atoms with E-state index in [4.69, 9.17) is 15.0 Å². The summed E-state index contributed by atoms with van der Waals surface area (Å²) in [5.74, 6) is 1.93. The third kappa shape index (κ3) is 5.62. The van der Waals surface area contributed by atoms with Gasteiger partial charge in [-0.2, -0.15) is 0 Å². The number of aromatic nitrogens is 3. The zero-order chi connectivity index (χ0) is 35.1. The molecule has 52 heavy (non-hydrogen) atoms. The van der Waals surface area contributed by atoms with Gasteiger partial charge in [0.2, 0.25) is 0 Å². The molecule has 8 aromatic rings. The molecule has 1 aliphatic rings. The van der Waals surface area contributed by atoms with Gasteiger partial charge in [0.05, 0.1) is 5.69 Å². The summed E-state index contributed by atoms with van der Waals surface area (Å²) in [4.78, 5) is 18.0. The number of benzene rings is 7. The summed E-state index contributed by atoms with van der Waals surface area (Å²) in [7, 11) is -1.92. The Bertz CT molecular complexity index is 2490. The van der Waals surface area contributed by atoms with Crippen molar-refractivity contribution in [2.24, 2.45) is 0 Å². The van der Waals surface area contributed by atoms with Crippen molar-refractivity contribution in [3.8, 4) is 56.4 Å². The third-order valence-electron chi connectivity index (χ3n) is 10.1. The van der Waals surface area contributed by atoms with Crippen LogP contribution in [0.4, 0.5) is 17.1 Å². The van der Waals surface area contributed by atoms with E-state index in [2.05, 4.69) is 182 Å². The molecule has 1 aromatic heterocycles. The van der Waals surface area contributed by atoms with Crippen molar-refractivity contribution in [3.63, 3.8) is 0 Å². The lowest BCUT2D eigenvalue weighted by Crippen LogP contribution is -2.49. The van der Waals surface area contributed by atoms with Crippen LogP contribution in [0.5, 0.6) is 0 Å². The van der Waals surface area contributed by atoms with Crippen LogP contribution in [0.3, 0.4) is 0 Å². The maximum absolute atomic E-state index is 5.28. The second-order valence-corrected chi connectivity index (χ2v) is 18.0. The van der Waals surface area contributed by atoms with Crippen LogP contribution in [0.25, 0.3) is 56.4 Å². The molecule has 0 N–H and O–H groups in total. The molecule has 0 bridgehead atoms. The van der Waals surface area contributed by atoms with E-state index < -0.39 is 8.07 Å². The number of rotatable bonds is 7. The molecule has 9 rings (SSSR count). The van der Waals surface area contributed by atoms with Crippen LogP contribution in [-0.4, -0.2) is 23.0 Å². The third-order valence-corrected chi connectivity index (χ3v) is 13.7. The molecule has 0 radical (unpaired) electrons. The molecule has 4 nitrogen and oxygen atoms in total. The van der Waals surface area contributed by atoms with Crippen LogP contribution in [0, 0.1) is 0 Å². The van der Waals surface area contributed by atoms with E-state index in [0.717, 1.165) is 39.3 Å². The van der Waals surface area contributed by atoms with E-state index >= 15 is 0 Å². The minimum absolute atomic E-state index is 0.625. The van der Waals surface area contributed by atoms with Gasteiger partial charge in [0.1, 0.15) is 8.07 Å². The van der Waals surface area contributed by atoms with E-state index in [9.17, 15) is 0 Å². The summed E-state index contributed by atoms with van der Waals surface area (Å²) < 4.78 is 0. The normalized spacial score (nSPS) is 12.6. The van der Waals surface area contributed by atoms with Gasteiger partial charge in [-0.1, -0.05) is 159 Å². The van der Waals surface area contributed by atoms with Crippen molar-refractivity contribution in [2.75, 3.05) is 4.90 Å². The van der Waals surface area contributed by atoms with Crippen molar-refractivity contribution in [1.82, 2.24) is 15.0 Å². The summed E-state index contributed by atoms with van der Waals surface area (Å²) in [5, 5.41) is 2.90. The van der Waals surface area contributed by atoms with Gasteiger partial charge in [-0.15, -0.1) is 0 Å². The number of hydrogen-bond acceptors (Lipinski definition) is 4. The first-order valence-corrected chi connectivity index (χ1v) is 20.7. The molecular weight excluding hydrogens is 649 g/mol. The van der Waals surface area contributed by atoms with Crippen molar-refractivity contribution in [2.45, 2.75) is 13.1 Å². The van der Waals surface area contributed by atoms with Gasteiger partial charge in [0.15, 0.2) is 17.5 Å². The molecule has 0 spiro atoms. The van der Waals surface area contributed by atoms with Gasteiger partial charge < -0.3 is 4.90 Å². The lowest BCUT2D eigenvalue weighted by atomic mass is 10.0. The standard InChI is InChI=1S/C47H36N4Si/c1-52(2)43-25-15-13-22-39(43)40-31-30-36(32-44(40)52)46-48-45(35-28-26-34(27-29-35)33-16-6-3-7-17-33)49-47(50-46)41-23-12-14-24-42(41)51(37-18-8-4-9-19-37)38-20-10-5-11-21-38/h3-32H,1-2H3. The van der Waals surface area contributed by atoms with Gasteiger partial charge in [-0.3, -0.25) is 0 Å². The summed E-state index contributed by atoms with van der Waals surface area (Å²) in [6.45, 7) is 4.88. The van der Waals surface area contributed by atoms with Crippen LogP contribution >= 0.6 is 0 Å². The van der Waals surface area contributed by atoms with Crippen LogP contribution in [0.15, 0.2) is 182 Å². The highest BCUT2D eigenvalue weighted by Crippen LogP contribution is 2.40. The summed E-state index contributed by atoms with van der Waals surface area (Å²) in [5.41, 5.74) is 11.0. The fourth-order valence-electron chi connectivity index (χ4n) is 7.48. The zero-order valence-electron chi connectivity index (χ0n) is 29.1. The van der Waals surface area contributed by atoms with Gasteiger partial charge in [-0.05, 0) is 69.0 Å². The van der Waals surface area contributed by atoms with Crippen LogP contribution in [0.2, 0.25) is 13.1 Å². The number of hydrogen-bond donors (Lipinski definition) is 0. The molecule has 0 atom stereocenters. The Morgan fingerprint density at radius 3 is 1.50 bits per heavy atom. The Kier molecular flexibility index (Phi) is 7.90. The smallest absolute Gasteiger partial charge is 0.166 e. The van der Waals surface area contributed by atoms with Gasteiger partial charge in [-0.25, -0.2) is 15.0 Å². The lowest BCUT2D eigenvalue weighted by molar-refractivity contribution is 1.07. The maximum Gasteiger partial charge on any atom is 0.166 e. The predicted octanol–water partition coefficient (Wildman–Crippen LogP) is 10.8. The van der Waals surface area contributed by atoms with E-state index in [1.54, 1.807) is 0 Å². The molecule has 0 aliphatic carbocycles. The number of para-hydroxylation sites is 3. The summed E-state index contributed by atoms with van der Waals surface area (Å²) in [6.07, 6.45) is 0. The fourth-order valence-corrected chi connectivity index (χ4v) is 10.6. The molecule has 0 fully saturated rings. The highest BCUT2D eigenvalue weighted by molar-refractivity contribution is 7.03. The Morgan fingerprint density at radius 2 is 0.827 bits per heavy atom. The van der Waals surface area contributed by atoms with Crippen molar-refractivity contribution >= 4 is 35.5 Å². The maximum atomic E-state index is 5.28. The highest BCUT2D eigenvalue weighted by atomic mass is 28.3. The summed E-state index contributed by atoms with van der Waals surface area (Å²) >= 11 is 0. The average Bonchev–Trinajstić information content (AvgIpc) is 3.44. The Hall–Kier alpha value is -6.43.